The Balaban J connectivity index is 1.89. The van der Waals surface area contributed by atoms with Crippen LogP contribution in [0.3, 0.4) is 0 Å². The van der Waals surface area contributed by atoms with Crippen molar-refractivity contribution in [2.45, 2.75) is 16.1 Å². The van der Waals surface area contributed by atoms with Gasteiger partial charge in [0.1, 0.15) is 0 Å². The van der Waals surface area contributed by atoms with Crippen molar-refractivity contribution in [1.82, 2.24) is 9.71 Å². The van der Waals surface area contributed by atoms with E-state index in [0.29, 0.717) is 16.0 Å². The molecule has 5 nitrogen and oxygen atoms in total. The maximum atomic E-state index is 12.6. The van der Waals surface area contributed by atoms with E-state index in [0.717, 1.165) is 30.0 Å². The molecule has 0 saturated heterocycles. The van der Waals surface area contributed by atoms with Crippen LogP contribution >= 0.6 is 11.8 Å². The lowest BCUT2D eigenvalue weighted by Crippen LogP contribution is -2.32. The molecular weight excluding hydrogens is 369 g/mol. The fourth-order valence-electron chi connectivity index (χ4n) is 2.24. The minimum absolute atomic E-state index is 0.0390. The Morgan fingerprint density at radius 3 is 2.27 bits per heavy atom. The van der Waals surface area contributed by atoms with Crippen LogP contribution in [0.1, 0.15) is 5.56 Å². The van der Waals surface area contributed by atoms with Crippen LogP contribution in [-0.4, -0.2) is 14.9 Å². The van der Waals surface area contributed by atoms with Crippen LogP contribution < -0.4 is 11.2 Å². The zero-order valence-electron chi connectivity index (χ0n) is 12.9. The van der Waals surface area contributed by atoms with Crippen LogP contribution in [0.25, 0.3) is 11.1 Å². The Labute approximate surface area is 148 Å². The smallest absolute Gasteiger partial charge is 0.416 e. The summed E-state index contributed by atoms with van der Waals surface area (Å²) in [4.78, 5) is 25.8. The molecule has 1 heterocycles. The van der Waals surface area contributed by atoms with E-state index in [1.54, 1.807) is 24.3 Å². The third-order valence-electron chi connectivity index (χ3n) is 3.49. The van der Waals surface area contributed by atoms with Gasteiger partial charge in [0.15, 0.2) is 0 Å². The minimum atomic E-state index is -4.39. The molecule has 0 atom stereocenters. The molecule has 0 amide bonds. The van der Waals surface area contributed by atoms with Gasteiger partial charge in [-0.15, -0.1) is 0 Å². The normalized spacial score (nSPS) is 11.5. The molecule has 9 heteroatoms. The number of aromatic nitrogens is 2. The van der Waals surface area contributed by atoms with Crippen LogP contribution in [0.15, 0.2) is 74.1 Å². The molecule has 0 spiro atoms. The molecular formula is C17H11F3N2O3S. The zero-order valence-corrected chi connectivity index (χ0v) is 13.8. The quantitative estimate of drug-likeness (QED) is 0.538. The summed E-state index contributed by atoms with van der Waals surface area (Å²) in [5.74, 6) is 0. The molecule has 26 heavy (non-hydrogen) atoms. The van der Waals surface area contributed by atoms with Gasteiger partial charge in [-0.2, -0.15) is 13.2 Å². The van der Waals surface area contributed by atoms with Crippen molar-refractivity contribution in [3.8, 4) is 11.1 Å². The number of benzene rings is 2. The number of nitrogens with one attached hydrogen (secondary N) is 1. The van der Waals surface area contributed by atoms with Gasteiger partial charge in [0, 0.05) is 11.0 Å². The van der Waals surface area contributed by atoms with Gasteiger partial charge in [0.05, 0.1) is 10.6 Å². The highest BCUT2D eigenvalue weighted by atomic mass is 32.2. The van der Waals surface area contributed by atoms with E-state index < -0.39 is 23.0 Å². The molecule has 0 aliphatic heterocycles. The Kier molecular flexibility index (Phi) is 4.64. The van der Waals surface area contributed by atoms with E-state index in [1.165, 1.54) is 12.1 Å². The first-order chi connectivity index (χ1) is 12.2. The summed E-state index contributed by atoms with van der Waals surface area (Å²) < 4.78 is 37.9. The molecule has 2 N–H and O–H groups in total. The van der Waals surface area contributed by atoms with E-state index in [-0.39, 0.29) is 9.76 Å². The Morgan fingerprint density at radius 1 is 0.962 bits per heavy atom. The highest BCUT2D eigenvalue weighted by molar-refractivity contribution is 7.99. The maximum Gasteiger partial charge on any atom is 0.416 e. The number of hydrogen-bond acceptors (Lipinski definition) is 4. The Morgan fingerprint density at radius 2 is 1.65 bits per heavy atom. The van der Waals surface area contributed by atoms with Crippen molar-refractivity contribution >= 4 is 11.8 Å². The third-order valence-corrected chi connectivity index (χ3v) is 4.42. The van der Waals surface area contributed by atoms with Crippen LogP contribution in [-0.2, 0) is 6.18 Å². The standard InChI is InChI=1S/C17H11F3N2O3S/c18-17(19,20)12-6-4-10(5-7-12)11-2-1-3-13(8-11)26-14-9-15(23)22(25)16(24)21-14/h1-9,25H,(H,21,24). The van der Waals surface area contributed by atoms with Gasteiger partial charge in [-0.1, -0.05) is 40.8 Å². The first-order valence-corrected chi connectivity index (χ1v) is 8.07. The van der Waals surface area contributed by atoms with E-state index in [2.05, 4.69) is 4.98 Å². The summed E-state index contributed by atoms with van der Waals surface area (Å²) in [6, 6.07) is 12.7. The second-order valence-corrected chi connectivity index (χ2v) is 6.41. The van der Waals surface area contributed by atoms with Gasteiger partial charge in [0.25, 0.3) is 5.56 Å². The van der Waals surface area contributed by atoms with Crippen LogP contribution in [0, 0.1) is 0 Å². The molecule has 0 aliphatic rings. The van der Waals surface area contributed by atoms with Gasteiger partial charge < -0.3 is 5.21 Å². The summed E-state index contributed by atoms with van der Waals surface area (Å²) in [5, 5.41) is 9.37. The molecule has 1 aromatic heterocycles. The number of rotatable bonds is 3. The molecule has 3 rings (SSSR count). The molecule has 0 aliphatic carbocycles. The van der Waals surface area contributed by atoms with Gasteiger partial charge in [0.2, 0.25) is 0 Å². The summed E-state index contributed by atoms with van der Waals surface area (Å²) >= 11 is 1.08. The monoisotopic (exact) mass is 380 g/mol. The molecule has 0 saturated carbocycles. The van der Waals surface area contributed by atoms with Crippen LogP contribution in [0.2, 0.25) is 0 Å². The van der Waals surface area contributed by atoms with Gasteiger partial charge in [-0.3, -0.25) is 9.78 Å². The van der Waals surface area contributed by atoms with Crippen molar-refractivity contribution in [3.05, 3.63) is 81.0 Å². The number of H-pyrrole nitrogens is 1. The number of halogens is 3. The SMILES string of the molecule is O=c1cc(Sc2cccc(-c3ccc(C(F)(F)F)cc3)c2)[nH]c(=O)n1O. The molecule has 134 valence electrons. The van der Waals surface area contributed by atoms with E-state index in [9.17, 15) is 22.8 Å². The Bertz CT molecular complexity index is 1030. The van der Waals surface area contributed by atoms with Crippen LogP contribution in [0.5, 0.6) is 0 Å². The number of hydrogen-bond donors (Lipinski definition) is 2. The average molecular weight is 380 g/mol. The highest BCUT2D eigenvalue weighted by Gasteiger charge is 2.29. The Hall–Kier alpha value is -2.94. The lowest BCUT2D eigenvalue weighted by Gasteiger charge is -2.09. The number of aromatic amines is 1. The molecule has 3 aromatic rings. The fraction of sp³-hybridized carbons (Fsp3) is 0.0588. The predicted octanol–water partition coefficient (Wildman–Crippen LogP) is 3.61. The van der Waals surface area contributed by atoms with Crippen molar-refractivity contribution in [1.29, 1.82) is 0 Å². The summed E-state index contributed by atoms with van der Waals surface area (Å²) in [7, 11) is 0. The second kappa shape index (κ2) is 6.75. The second-order valence-electron chi connectivity index (χ2n) is 5.29. The number of alkyl halides is 3. The lowest BCUT2D eigenvalue weighted by molar-refractivity contribution is -0.137. The van der Waals surface area contributed by atoms with E-state index in [4.69, 9.17) is 5.21 Å². The topological polar surface area (TPSA) is 75.1 Å². The maximum absolute atomic E-state index is 12.6. The summed E-state index contributed by atoms with van der Waals surface area (Å²) in [5.41, 5.74) is -1.27. The third kappa shape index (κ3) is 3.83. The van der Waals surface area contributed by atoms with Crippen molar-refractivity contribution in [2.24, 2.45) is 0 Å². The first-order valence-electron chi connectivity index (χ1n) is 7.25. The minimum Gasteiger partial charge on any atom is -0.421 e. The predicted molar refractivity (Wildman–Crippen MR) is 89.5 cm³/mol. The zero-order chi connectivity index (χ0) is 18.9. The number of nitrogens with zero attached hydrogens (tertiary/aromatic N) is 1. The van der Waals surface area contributed by atoms with Gasteiger partial charge >= 0.3 is 11.9 Å². The largest absolute Gasteiger partial charge is 0.421 e. The van der Waals surface area contributed by atoms with E-state index in [1.807, 2.05) is 0 Å². The summed E-state index contributed by atoms with van der Waals surface area (Å²) in [6.45, 7) is 0. The van der Waals surface area contributed by atoms with Crippen molar-refractivity contribution in [2.75, 3.05) is 0 Å². The highest BCUT2D eigenvalue weighted by Crippen LogP contribution is 2.32. The fourth-order valence-corrected chi connectivity index (χ4v) is 3.13. The average Bonchev–Trinajstić information content (AvgIpc) is 2.59. The molecule has 0 unspecified atom stereocenters. The summed E-state index contributed by atoms with van der Waals surface area (Å²) in [6.07, 6.45) is -4.39. The van der Waals surface area contributed by atoms with Crippen LogP contribution in [0.4, 0.5) is 13.2 Å². The van der Waals surface area contributed by atoms with Gasteiger partial charge in [-0.25, -0.2) is 4.79 Å². The van der Waals surface area contributed by atoms with E-state index >= 15 is 0 Å². The lowest BCUT2D eigenvalue weighted by atomic mass is 10.0. The first kappa shape index (κ1) is 17.9. The van der Waals surface area contributed by atoms with Crippen molar-refractivity contribution in [3.63, 3.8) is 0 Å². The molecule has 0 bridgehead atoms. The molecule has 2 aromatic carbocycles. The van der Waals surface area contributed by atoms with Crippen molar-refractivity contribution < 1.29 is 18.4 Å². The van der Waals surface area contributed by atoms with Gasteiger partial charge in [-0.05, 0) is 35.4 Å². The molecule has 0 fully saturated rings. The molecule has 0 radical (unpaired) electrons.